The Hall–Kier alpha value is -5.80. The van der Waals surface area contributed by atoms with Crippen LogP contribution >= 0.6 is 0 Å². The van der Waals surface area contributed by atoms with Gasteiger partial charge in [0.1, 0.15) is 11.2 Å². The van der Waals surface area contributed by atoms with E-state index in [1.165, 1.54) is 0 Å². The van der Waals surface area contributed by atoms with E-state index in [9.17, 15) is 0 Å². The van der Waals surface area contributed by atoms with Gasteiger partial charge in [-0.2, -0.15) is 0 Å². The van der Waals surface area contributed by atoms with Crippen LogP contribution in [-0.2, 0) is 0 Å². The first-order chi connectivity index (χ1) is 21.3. The molecule has 0 N–H and O–H groups in total. The maximum Gasteiger partial charge on any atom is 0.160 e. The topological polar surface area (TPSA) is 38.9 Å². The highest BCUT2D eigenvalue weighted by Crippen LogP contribution is 2.34. The molecule has 0 spiro atoms. The molecule has 0 atom stereocenters. The predicted octanol–water partition coefficient (Wildman–Crippen LogP) is 10.7. The lowest BCUT2D eigenvalue weighted by Crippen LogP contribution is -1.95. The van der Waals surface area contributed by atoms with Crippen molar-refractivity contribution in [3.63, 3.8) is 0 Å². The average molecular weight is 551 g/mol. The summed E-state index contributed by atoms with van der Waals surface area (Å²) < 4.78 is 6.11. The quantitative estimate of drug-likeness (QED) is 0.214. The number of rotatable bonds is 5. The normalized spacial score (nSPS) is 11.3. The number of furan rings is 1. The second kappa shape index (κ2) is 10.6. The van der Waals surface area contributed by atoms with Crippen molar-refractivity contribution >= 4 is 21.9 Å². The van der Waals surface area contributed by atoms with Crippen molar-refractivity contribution in [3.8, 4) is 56.2 Å². The van der Waals surface area contributed by atoms with Gasteiger partial charge in [-0.1, -0.05) is 133 Å². The molecule has 3 heteroatoms. The Balaban J connectivity index is 1.10. The molecule has 8 aromatic rings. The minimum Gasteiger partial charge on any atom is -0.456 e. The van der Waals surface area contributed by atoms with Crippen LogP contribution in [0, 0.1) is 0 Å². The van der Waals surface area contributed by atoms with Crippen molar-refractivity contribution < 1.29 is 4.42 Å². The first kappa shape index (κ1) is 25.0. The van der Waals surface area contributed by atoms with Crippen molar-refractivity contribution in [2.24, 2.45) is 0 Å². The first-order valence-corrected chi connectivity index (χ1v) is 14.4. The standard InChI is InChI=1S/C40H26N2O/c1-3-9-30(10-4-1)36-26-37(42-40(41-36)32-11-5-2-6-12-32)31-21-19-28(20-22-31)27-15-17-29(18-16-27)33-23-24-35-34-13-7-8-14-38(34)43-39(35)25-33/h1-26H. The minimum atomic E-state index is 0.720. The molecule has 0 bridgehead atoms. The van der Waals surface area contributed by atoms with Crippen LogP contribution in [0.25, 0.3) is 78.1 Å². The van der Waals surface area contributed by atoms with Gasteiger partial charge < -0.3 is 4.42 Å². The number of fused-ring (bicyclic) bond motifs is 3. The Morgan fingerprint density at radius 1 is 0.326 bits per heavy atom. The maximum atomic E-state index is 6.11. The van der Waals surface area contributed by atoms with Crippen molar-refractivity contribution in [2.45, 2.75) is 0 Å². The zero-order chi connectivity index (χ0) is 28.6. The van der Waals surface area contributed by atoms with Gasteiger partial charge in [-0.25, -0.2) is 9.97 Å². The lowest BCUT2D eigenvalue weighted by atomic mass is 9.98. The molecule has 0 aliphatic heterocycles. The van der Waals surface area contributed by atoms with Crippen LogP contribution in [0.1, 0.15) is 0 Å². The fourth-order valence-corrected chi connectivity index (χ4v) is 5.66. The van der Waals surface area contributed by atoms with Gasteiger partial charge >= 0.3 is 0 Å². The summed E-state index contributed by atoms with van der Waals surface area (Å²) in [5.41, 5.74) is 11.4. The first-order valence-electron chi connectivity index (χ1n) is 14.4. The van der Waals surface area contributed by atoms with E-state index in [1.54, 1.807) is 0 Å². The molecule has 202 valence electrons. The summed E-state index contributed by atoms with van der Waals surface area (Å²) in [5.74, 6) is 0.720. The molecule has 43 heavy (non-hydrogen) atoms. The van der Waals surface area contributed by atoms with E-state index in [1.807, 2.05) is 54.6 Å². The third-order valence-electron chi connectivity index (χ3n) is 7.94. The second-order valence-electron chi connectivity index (χ2n) is 10.7. The zero-order valence-corrected chi connectivity index (χ0v) is 23.3. The summed E-state index contributed by atoms with van der Waals surface area (Å²) in [6.45, 7) is 0. The van der Waals surface area contributed by atoms with E-state index >= 15 is 0 Å². The number of aromatic nitrogens is 2. The average Bonchev–Trinajstić information content (AvgIpc) is 3.47. The predicted molar refractivity (Wildman–Crippen MR) is 176 cm³/mol. The van der Waals surface area contributed by atoms with Crippen LogP contribution in [0.5, 0.6) is 0 Å². The third-order valence-corrected chi connectivity index (χ3v) is 7.94. The highest BCUT2D eigenvalue weighted by molar-refractivity contribution is 6.05. The van der Waals surface area contributed by atoms with Gasteiger partial charge in [-0.05, 0) is 46.5 Å². The van der Waals surface area contributed by atoms with Crippen molar-refractivity contribution in [1.29, 1.82) is 0 Å². The van der Waals surface area contributed by atoms with Crippen LogP contribution in [0.2, 0.25) is 0 Å². The molecule has 0 radical (unpaired) electrons. The van der Waals surface area contributed by atoms with E-state index in [0.29, 0.717) is 0 Å². The fraction of sp³-hybridized carbons (Fsp3) is 0. The largest absolute Gasteiger partial charge is 0.456 e. The van der Waals surface area contributed by atoms with E-state index in [2.05, 4.69) is 103 Å². The van der Waals surface area contributed by atoms with Gasteiger partial charge in [0, 0.05) is 27.5 Å². The molecular weight excluding hydrogens is 524 g/mol. The van der Waals surface area contributed by atoms with Crippen molar-refractivity contribution in [3.05, 3.63) is 158 Å². The molecule has 6 aromatic carbocycles. The van der Waals surface area contributed by atoms with Gasteiger partial charge in [0.25, 0.3) is 0 Å². The van der Waals surface area contributed by atoms with Crippen LogP contribution in [-0.4, -0.2) is 9.97 Å². The summed E-state index contributed by atoms with van der Waals surface area (Å²) in [5, 5.41) is 2.30. The van der Waals surface area contributed by atoms with Crippen LogP contribution in [0.15, 0.2) is 162 Å². The SMILES string of the molecule is c1ccc(-c2cc(-c3ccc(-c4ccc(-c5ccc6c(c5)oc5ccccc56)cc4)cc3)nc(-c3ccccc3)n2)cc1. The molecule has 0 aliphatic carbocycles. The zero-order valence-electron chi connectivity index (χ0n) is 23.3. The summed E-state index contributed by atoms with van der Waals surface area (Å²) >= 11 is 0. The van der Waals surface area contributed by atoms with Gasteiger partial charge in [0.15, 0.2) is 5.82 Å². The number of benzene rings is 6. The Kier molecular flexibility index (Phi) is 6.12. The summed E-state index contributed by atoms with van der Waals surface area (Å²) in [4.78, 5) is 9.87. The summed E-state index contributed by atoms with van der Waals surface area (Å²) in [6.07, 6.45) is 0. The van der Waals surface area contributed by atoms with Crippen molar-refractivity contribution in [2.75, 3.05) is 0 Å². The number of nitrogens with zero attached hydrogens (tertiary/aromatic N) is 2. The Morgan fingerprint density at radius 2 is 0.791 bits per heavy atom. The molecule has 0 saturated heterocycles. The van der Waals surface area contributed by atoms with Gasteiger partial charge in [-0.15, -0.1) is 0 Å². The smallest absolute Gasteiger partial charge is 0.160 e. The highest BCUT2D eigenvalue weighted by Gasteiger charge is 2.12. The Morgan fingerprint density at radius 3 is 1.44 bits per heavy atom. The Labute approximate surface area is 249 Å². The minimum absolute atomic E-state index is 0.720. The molecule has 0 saturated carbocycles. The van der Waals surface area contributed by atoms with E-state index in [-0.39, 0.29) is 0 Å². The van der Waals surface area contributed by atoms with Gasteiger partial charge in [0.2, 0.25) is 0 Å². The van der Waals surface area contributed by atoms with E-state index < -0.39 is 0 Å². The molecule has 3 nitrogen and oxygen atoms in total. The van der Waals surface area contributed by atoms with Crippen LogP contribution in [0.4, 0.5) is 0 Å². The molecule has 0 fully saturated rings. The molecule has 0 amide bonds. The van der Waals surface area contributed by atoms with Gasteiger partial charge in [0.05, 0.1) is 11.4 Å². The lowest BCUT2D eigenvalue weighted by Gasteiger charge is -2.10. The number of hydrogen-bond acceptors (Lipinski definition) is 3. The van der Waals surface area contributed by atoms with E-state index in [4.69, 9.17) is 14.4 Å². The lowest BCUT2D eigenvalue weighted by molar-refractivity contribution is 0.669. The molecule has 8 rings (SSSR count). The molecule has 2 heterocycles. The summed E-state index contributed by atoms with van der Waals surface area (Å²) in [6, 6.07) is 54.5. The maximum absolute atomic E-state index is 6.11. The number of hydrogen-bond donors (Lipinski definition) is 0. The fourth-order valence-electron chi connectivity index (χ4n) is 5.66. The molecule has 2 aromatic heterocycles. The molecule has 0 aliphatic rings. The third kappa shape index (κ3) is 4.77. The van der Waals surface area contributed by atoms with Crippen LogP contribution < -0.4 is 0 Å². The van der Waals surface area contributed by atoms with Crippen molar-refractivity contribution in [1.82, 2.24) is 9.97 Å². The highest BCUT2D eigenvalue weighted by atomic mass is 16.3. The van der Waals surface area contributed by atoms with Gasteiger partial charge in [-0.3, -0.25) is 0 Å². The van der Waals surface area contributed by atoms with E-state index in [0.717, 1.165) is 78.1 Å². The molecular formula is C40H26N2O. The van der Waals surface area contributed by atoms with Crippen LogP contribution in [0.3, 0.4) is 0 Å². The summed E-state index contributed by atoms with van der Waals surface area (Å²) in [7, 11) is 0. The molecule has 0 unspecified atom stereocenters. The number of para-hydroxylation sites is 1. The monoisotopic (exact) mass is 550 g/mol. The Bertz CT molecular complexity index is 2140. The second-order valence-corrected chi connectivity index (χ2v) is 10.7.